The lowest BCUT2D eigenvalue weighted by atomic mass is 10.2. The first-order chi connectivity index (χ1) is 7.00. The Balaban J connectivity index is 4.52. The Morgan fingerprint density at radius 1 is 1.20 bits per heavy atom. The SMILES string of the molecule is BC#CC#CC#CC#CC(N)(Br)C(C)=O. The molecule has 72 valence electrons. The fraction of sp³-hybridized carbons (Fsp3) is 0.182. The third-order valence-electron chi connectivity index (χ3n) is 1.19. The highest BCUT2D eigenvalue weighted by atomic mass is 79.9. The molecule has 4 heteroatoms. The van der Waals surface area contributed by atoms with E-state index in [1.54, 1.807) is 7.85 Å². The monoisotopic (exact) mass is 259 g/mol. The van der Waals surface area contributed by atoms with Gasteiger partial charge in [-0.05, 0) is 64.3 Å². The van der Waals surface area contributed by atoms with Crippen LogP contribution in [-0.4, -0.2) is 18.1 Å². The molecule has 0 amide bonds. The predicted octanol–water partition coefficient (Wildman–Crippen LogP) is -0.771. The summed E-state index contributed by atoms with van der Waals surface area (Å²) < 4.78 is -1.32. The van der Waals surface area contributed by atoms with Gasteiger partial charge in [-0.1, -0.05) is 0 Å². The first-order valence-corrected chi connectivity index (χ1v) is 4.72. The van der Waals surface area contributed by atoms with Crippen LogP contribution in [0.5, 0.6) is 0 Å². The van der Waals surface area contributed by atoms with Crippen LogP contribution in [0, 0.1) is 47.3 Å². The standard InChI is InChI=1S/C11H7BBrNO/c1-10(15)11(13,14)8-6-4-2-3-5-7-9-12/h12,14H2,1H3. The van der Waals surface area contributed by atoms with E-state index in [4.69, 9.17) is 5.73 Å². The number of alkyl halides is 1. The van der Waals surface area contributed by atoms with E-state index in [2.05, 4.69) is 63.2 Å². The maximum Gasteiger partial charge on any atom is 0.196 e. The highest BCUT2D eigenvalue weighted by Crippen LogP contribution is 2.08. The molecule has 0 rings (SSSR count). The minimum absolute atomic E-state index is 0.278. The van der Waals surface area contributed by atoms with E-state index in [1.165, 1.54) is 6.92 Å². The smallest absolute Gasteiger partial charge is 0.196 e. The van der Waals surface area contributed by atoms with Gasteiger partial charge in [0.1, 0.15) is 0 Å². The molecule has 0 aliphatic carbocycles. The lowest BCUT2D eigenvalue weighted by Gasteiger charge is -2.08. The lowest BCUT2D eigenvalue weighted by Crippen LogP contribution is -2.38. The average Bonchev–Trinajstić information content (AvgIpc) is 2.16. The van der Waals surface area contributed by atoms with Gasteiger partial charge < -0.3 is 0 Å². The molecule has 0 fully saturated rings. The quantitative estimate of drug-likeness (QED) is 0.291. The summed E-state index contributed by atoms with van der Waals surface area (Å²) in [4.78, 5) is 10.9. The molecular formula is C11H7BBrNO. The number of hydrogen-bond donors (Lipinski definition) is 1. The van der Waals surface area contributed by atoms with E-state index < -0.39 is 4.45 Å². The van der Waals surface area contributed by atoms with Gasteiger partial charge >= 0.3 is 0 Å². The van der Waals surface area contributed by atoms with Gasteiger partial charge in [-0.15, -0.1) is 0 Å². The second kappa shape index (κ2) is 6.81. The zero-order valence-electron chi connectivity index (χ0n) is 8.36. The zero-order valence-corrected chi connectivity index (χ0v) is 9.95. The van der Waals surface area contributed by atoms with E-state index in [0.717, 1.165) is 0 Å². The molecule has 0 aliphatic heterocycles. The van der Waals surface area contributed by atoms with Crippen molar-refractivity contribution < 1.29 is 4.79 Å². The van der Waals surface area contributed by atoms with Crippen molar-refractivity contribution in [3.05, 3.63) is 0 Å². The minimum Gasteiger partial charge on any atom is -0.300 e. The molecule has 2 nitrogen and oxygen atoms in total. The summed E-state index contributed by atoms with van der Waals surface area (Å²) in [5.41, 5.74) is 5.49. The van der Waals surface area contributed by atoms with Crippen molar-refractivity contribution in [1.29, 1.82) is 0 Å². The van der Waals surface area contributed by atoms with Crippen molar-refractivity contribution in [2.75, 3.05) is 0 Å². The number of ketones is 1. The van der Waals surface area contributed by atoms with Gasteiger partial charge in [-0.25, -0.2) is 0 Å². The van der Waals surface area contributed by atoms with Gasteiger partial charge in [-0.2, -0.15) is 5.82 Å². The van der Waals surface area contributed by atoms with Crippen molar-refractivity contribution in [2.24, 2.45) is 5.73 Å². The molecule has 0 saturated carbocycles. The molecule has 15 heavy (non-hydrogen) atoms. The topological polar surface area (TPSA) is 43.1 Å². The molecule has 1 atom stereocenters. The van der Waals surface area contributed by atoms with Crippen LogP contribution in [-0.2, 0) is 4.79 Å². The summed E-state index contributed by atoms with van der Waals surface area (Å²) >= 11 is 2.97. The van der Waals surface area contributed by atoms with Crippen LogP contribution < -0.4 is 5.73 Å². The third-order valence-corrected chi connectivity index (χ3v) is 1.95. The number of hydrogen-bond acceptors (Lipinski definition) is 2. The lowest BCUT2D eigenvalue weighted by molar-refractivity contribution is -0.117. The molecule has 0 aromatic rings. The third kappa shape index (κ3) is 6.48. The number of carbonyl (C=O) groups is 1. The maximum atomic E-state index is 10.9. The van der Waals surface area contributed by atoms with Gasteiger partial charge in [0.2, 0.25) is 0 Å². The Bertz CT molecular complexity index is 492. The minimum atomic E-state index is -1.32. The molecule has 0 spiro atoms. The highest BCUT2D eigenvalue weighted by molar-refractivity contribution is 9.10. The van der Waals surface area contributed by atoms with Crippen molar-refractivity contribution in [2.45, 2.75) is 11.4 Å². The Morgan fingerprint density at radius 3 is 2.13 bits per heavy atom. The summed E-state index contributed by atoms with van der Waals surface area (Å²) in [7, 11) is 1.68. The highest BCUT2D eigenvalue weighted by Gasteiger charge is 2.23. The molecule has 0 aliphatic rings. The number of Topliss-reactive ketones (excluding diaryl/α,β-unsaturated/α-hetero) is 1. The first-order valence-electron chi connectivity index (χ1n) is 3.93. The summed E-state index contributed by atoms with van der Waals surface area (Å²) in [6, 6.07) is 0. The van der Waals surface area contributed by atoms with Crippen LogP contribution in [0.4, 0.5) is 0 Å². The number of halogens is 1. The Kier molecular flexibility index (Phi) is 6.09. The molecular weight excluding hydrogens is 253 g/mol. The van der Waals surface area contributed by atoms with Gasteiger partial charge in [-0.3, -0.25) is 10.5 Å². The van der Waals surface area contributed by atoms with Crippen LogP contribution in [0.3, 0.4) is 0 Å². The molecule has 0 aromatic carbocycles. The van der Waals surface area contributed by atoms with Crippen molar-refractivity contribution in [3.8, 4) is 47.3 Å². The van der Waals surface area contributed by atoms with Gasteiger partial charge in [0.15, 0.2) is 18.1 Å². The van der Waals surface area contributed by atoms with Crippen LogP contribution in [0.1, 0.15) is 6.92 Å². The second-order valence-electron chi connectivity index (χ2n) is 2.39. The molecule has 0 saturated heterocycles. The molecule has 0 radical (unpaired) electrons. The molecule has 2 N–H and O–H groups in total. The van der Waals surface area contributed by atoms with Crippen LogP contribution >= 0.6 is 15.9 Å². The predicted molar refractivity (Wildman–Crippen MR) is 66.2 cm³/mol. The number of rotatable bonds is 1. The molecule has 0 aromatic heterocycles. The van der Waals surface area contributed by atoms with Gasteiger partial charge in [0.25, 0.3) is 0 Å². The maximum absolute atomic E-state index is 10.9. The zero-order chi connectivity index (χ0) is 11.7. The van der Waals surface area contributed by atoms with Crippen molar-refractivity contribution in [3.63, 3.8) is 0 Å². The van der Waals surface area contributed by atoms with Gasteiger partial charge in [0.05, 0.1) is 0 Å². The van der Waals surface area contributed by atoms with E-state index in [-0.39, 0.29) is 5.78 Å². The largest absolute Gasteiger partial charge is 0.300 e. The number of carbonyl (C=O) groups excluding carboxylic acids is 1. The van der Waals surface area contributed by atoms with Crippen molar-refractivity contribution >= 4 is 29.6 Å². The first kappa shape index (κ1) is 13.4. The fourth-order valence-electron chi connectivity index (χ4n) is 0.398. The van der Waals surface area contributed by atoms with E-state index >= 15 is 0 Å². The average molecular weight is 260 g/mol. The van der Waals surface area contributed by atoms with Crippen LogP contribution in [0.2, 0.25) is 0 Å². The molecule has 0 bridgehead atoms. The Labute approximate surface area is 98.9 Å². The Hall–Kier alpha value is -1.59. The van der Waals surface area contributed by atoms with Crippen molar-refractivity contribution in [1.82, 2.24) is 0 Å². The second-order valence-corrected chi connectivity index (χ2v) is 3.64. The molecule has 0 heterocycles. The van der Waals surface area contributed by atoms with E-state index in [1.807, 2.05) is 0 Å². The molecule has 1 unspecified atom stereocenters. The normalized spacial score (nSPS) is 10.6. The van der Waals surface area contributed by atoms with E-state index in [0.29, 0.717) is 0 Å². The summed E-state index contributed by atoms with van der Waals surface area (Å²) in [6.45, 7) is 1.34. The Morgan fingerprint density at radius 2 is 1.67 bits per heavy atom. The summed E-state index contributed by atoms with van der Waals surface area (Å²) in [6.07, 6.45) is 0. The van der Waals surface area contributed by atoms with Crippen LogP contribution in [0.15, 0.2) is 0 Å². The fourth-order valence-corrected chi connectivity index (χ4v) is 0.497. The number of nitrogens with two attached hydrogens (primary N) is 1. The summed E-state index contributed by atoms with van der Waals surface area (Å²) in [5, 5.41) is 0. The summed E-state index contributed by atoms with van der Waals surface area (Å²) in [5.74, 6) is 19.6. The van der Waals surface area contributed by atoms with Gasteiger partial charge in [0, 0.05) is 0 Å². The van der Waals surface area contributed by atoms with E-state index in [9.17, 15) is 4.79 Å². The van der Waals surface area contributed by atoms with Crippen LogP contribution in [0.25, 0.3) is 0 Å².